The maximum atomic E-state index is 13.3. The molecule has 4 rings (SSSR count). The number of hydrogen-bond donors (Lipinski definition) is 1. The molecule has 1 N–H and O–H groups in total. The van der Waals surface area contributed by atoms with Crippen LogP contribution in [0.4, 0.5) is 0 Å². The van der Waals surface area contributed by atoms with Gasteiger partial charge in [-0.2, -0.15) is 0 Å². The van der Waals surface area contributed by atoms with Crippen molar-refractivity contribution in [2.24, 2.45) is 5.92 Å². The molecular formula is C29H36N2O5. The minimum absolute atomic E-state index is 0.136. The summed E-state index contributed by atoms with van der Waals surface area (Å²) < 4.78 is 11.2. The molecule has 2 heterocycles. The largest absolute Gasteiger partial charge is 0.507 e. The van der Waals surface area contributed by atoms with Crippen LogP contribution in [-0.4, -0.2) is 72.6 Å². The Morgan fingerprint density at radius 1 is 1.08 bits per heavy atom. The van der Waals surface area contributed by atoms with E-state index in [4.69, 9.17) is 9.47 Å². The van der Waals surface area contributed by atoms with Crippen LogP contribution in [0.2, 0.25) is 0 Å². The van der Waals surface area contributed by atoms with Crippen LogP contribution >= 0.6 is 0 Å². The fraction of sp³-hybridized carbons (Fsp3) is 0.448. The predicted molar refractivity (Wildman–Crippen MR) is 139 cm³/mol. The molecule has 2 aliphatic rings. The van der Waals surface area contributed by atoms with Gasteiger partial charge >= 0.3 is 0 Å². The van der Waals surface area contributed by atoms with E-state index in [1.54, 1.807) is 17.0 Å². The number of likely N-dealkylation sites (tertiary alicyclic amines) is 1. The van der Waals surface area contributed by atoms with Crippen LogP contribution in [0.25, 0.3) is 5.76 Å². The van der Waals surface area contributed by atoms with Gasteiger partial charge in [0.25, 0.3) is 11.7 Å². The summed E-state index contributed by atoms with van der Waals surface area (Å²) in [7, 11) is 0. The van der Waals surface area contributed by atoms with Crippen molar-refractivity contribution < 1.29 is 24.2 Å². The number of ether oxygens (including phenoxy) is 2. The average Bonchev–Trinajstić information content (AvgIpc) is 3.13. The SMILES string of the molecule is Cc1cc(OCC(C)C)ccc1C(O)=C1C(=O)C(=O)N(CCCN2CCOCC2)[C@@H]1c1ccccc1. The summed E-state index contributed by atoms with van der Waals surface area (Å²) in [5.74, 6) is -0.260. The third kappa shape index (κ3) is 5.79. The monoisotopic (exact) mass is 492 g/mol. The molecule has 192 valence electrons. The summed E-state index contributed by atoms with van der Waals surface area (Å²) in [5, 5.41) is 11.4. The molecule has 0 spiro atoms. The molecule has 0 radical (unpaired) electrons. The number of amides is 1. The first kappa shape index (κ1) is 25.9. The van der Waals surface area contributed by atoms with Crippen molar-refractivity contribution in [3.63, 3.8) is 0 Å². The Morgan fingerprint density at radius 3 is 2.47 bits per heavy atom. The molecule has 2 saturated heterocycles. The molecule has 2 aliphatic heterocycles. The van der Waals surface area contributed by atoms with Crippen LogP contribution in [0.5, 0.6) is 5.75 Å². The average molecular weight is 493 g/mol. The van der Waals surface area contributed by atoms with Gasteiger partial charge in [0.2, 0.25) is 0 Å². The van der Waals surface area contributed by atoms with Gasteiger partial charge in [0.1, 0.15) is 11.5 Å². The van der Waals surface area contributed by atoms with Crippen LogP contribution < -0.4 is 4.74 Å². The van der Waals surface area contributed by atoms with Crippen LogP contribution in [0.1, 0.15) is 43.0 Å². The number of nitrogens with zero attached hydrogens (tertiary/aromatic N) is 2. The van der Waals surface area contributed by atoms with Gasteiger partial charge in [-0.3, -0.25) is 14.5 Å². The second-order valence-corrected chi connectivity index (χ2v) is 9.89. The molecule has 0 unspecified atom stereocenters. The number of benzene rings is 2. The molecule has 7 heteroatoms. The topological polar surface area (TPSA) is 79.3 Å². The molecule has 0 aliphatic carbocycles. The van der Waals surface area contributed by atoms with Crippen LogP contribution in [0, 0.1) is 12.8 Å². The van der Waals surface area contributed by atoms with E-state index >= 15 is 0 Å². The number of carbonyl (C=O) groups excluding carboxylic acids is 2. The van der Waals surface area contributed by atoms with Gasteiger partial charge in [0.05, 0.1) is 31.4 Å². The number of aliphatic hydroxyl groups is 1. The molecule has 7 nitrogen and oxygen atoms in total. The molecule has 36 heavy (non-hydrogen) atoms. The number of morpholine rings is 1. The fourth-order valence-corrected chi connectivity index (χ4v) is 4.78. The highest BCUT2D eigenvalue weighted by atomic mass is 16.5. The van der Waals surface area contributed by atoms with Crippen LogP contribution in [0.3, 0.4) is 0 Å². The van der Waals surface area contributed by atoms with Crippen molar-refractivity contribution >= 4 is 17.4 Å². The second-order valence-electron chi connectivity index (χ2n) is 9.89. The van der Waals surface area contributed by atoms with Crippen molar-refractivity contribution in [1.29, 1.82) is 0 Å². The van der Waals surface area contributed by atoms with Crippen molar-refractivity contribution in [3.05, 3.63) is 70.8 Å². The zero-order valence-electron chi connectivity index (χ0n) is 21.4. The Balaban J connectivity index is 1.63. The molecule has 1 atom stereocenters. The lowest BCUT2D eigenvalue weighted by Crippen LogP contribution is -2.38. The molecule has 2 fully saturated rings. The summed E-state index contributed by atoms with van der Waals surface area (Å²) >= 11 is 0. The maximum Gasteiger partial charge on any atom is 0.295 e. The van der Waals surface area contributed by atoms with E-state index < -0.39 is 17.7 Å². The normalized spacial score (nSPS) is 20.3. The molecule has 0 aromatic heterocycles. The second kappa shape index (κ2) is 11.7. The number of Topliss-reactive ketones (excluding diaryl/α,β-unsaturated/α-hetero) is 1. The van der Waals surface area contributed by atoms with Gasteiger partial charge in [-0.25, -0.2) is 0 Å². The summed E-state index contributed by atoms with van der Waals surface area (Å²) in [4.78, 5) is 30.4. The van der Waals surface area contributed by atoms with E-state index in [2.05, 4.69) is 18.7 Å². The first-order valence-corrected chi connectivity index (χ1v) is 12.7. The zero-order valence-corrected chi connectivity index (χ0v) is 21.4. The Morgan fingerprint density at radius 2 is 1.81 bits per heavy atom. The van der Waals surface area contributed by atoms with E-state index in [1.165, 1.54) is 0 Å². The summed E-state index contributed by atoms with van der Waals surface area (Å²) in [6, 6.07) is 14.2. The molecule has 1 amide bonds. The van der Waals surface area contributed by atoms with Crippen molar-refractivity contribution in [2.45, 2.75) is 33.2 Å². The van der Waals surface area contributed by atoms with E-state index in [9.17, 15) is 14.7 Å². The Labute approximate surface area is 213 Å². The quantitative estimate of drug-likeness (QED) is 0.322. The first-order chi connectivity index (χ1) is 17.4. The van der Waals surface area contributed by atoms with Crippen LogP contribution in [-0.2, 0) is 14.3 Å². The standard InChI is InChI=1S/C29H36N2O5/c1-20(2)19-36-23-10-11-24(21(3)18-23)27(32)25-26(22-8-5-4-6-9-22)31(29(34)28(25)33)13-7-12-30-14-16-35-17-15-30/h4-6,8-11,18,20,26,32H,7,12-17,19H2,1-3H3/t26-/m1/s1. The number of carbonyl (C=O) groups is 2. The third-order valence-electron chi connectivity index (χ3n) is 6.67. The number of ketones is 1. The number of aryl methyl sites for hydroxylation is 1. The summed E-state index contributed by atoms with van der Waals surface area (Å²) in [6.07, 6.45) is 0.733. The van der Waals surface area contributed by atoms with E-state index in [-0.39, 0.29) is 11.3 Å². The van der Waals surface area contributed by atoms with Gasteiger partial charge in [0.15, 0.2) is 0 Å². The van der Waals surface area contributed by atoms with Crippen molar-refractivity contribution in [3.8, 4) is 5.75 Å². The van der Waals surface area contributed by atoms with E-state index in [0.717, 1.165) is 50.4 Å². The van der Waals surface area contributed by atoms with Crippen molar-refractivity contribution in [1.82, 2.24) is 9.80 Å². The number of aliphatic hydroxyl groups excluding tert-OH is 1. The third-order valence-corrected chi connectivity index (χ3v) is 6.67. The molecular weight excluding hydrogens is 456 g/mol. The van der Waals surface area contributed by atoms with Crippen molar-refractivity contribution in [2.75, 3.05) is 46.0 Å². The first-order valence-electron chi connectivity index (χ1n) is 12.7. The van der Waals surface area contributed by atoms with Crippen LogP contribution in [0.15, 0.2) is 54.1 Å². The van der Waals surface area contributed by atoms with Gasteiger partial charge in [-0.05, 0) is 48.6 Å². The lowest BCUT2D eigenvalue weighted by molar-refractivity contribution is -0.140. The molecule has 2 aromatic rings. The highest BCUT2D eigenvalue weighted by Gasteiger charge is 2.45. The van der Waals surface area contributed by atoms with E-state index in [0.29, 0.717) is 30.4 Å². The molecule has 2 aromatic carbocycles. The van der Waals surface area contributed by atoms with Gasteiger partial charge in [0, 0.05) is 31.7 Å². The Bertz CT molecular complexity index is 1110. The Kier molecular flexibility index (Phi) is 8.44. The lowest BCUT2D eigenvalue weighted by atomic mass is 9.94. The fourth-order valence-electron chi connectivity index (χ4n) is 4.78. The number of hydrogen-bond acceptors (Lipinski definition) is 6. The highest BCUT2D eigenvalue weighted by molar-refractivity contribution is 6.46. The number of rotatable bonds is 9. The Hall–Kier alpha value is -3.16. The lowest BCUT2D eigenvalue weighted by Gasteiger charge is -2.29. The minimum atomic E-state index is -0.646. The maximum absolute atomic E-state index is 13.3. The summed E-state index contributed by atoms with van der Waals surface area (Å²) in [5.41, 5.74) is 2.24. The highest BCUT2D eigenvalue weighted by Crippen LogP contribution is 2.40. The smallest absolute Gasteiger partial charge is 0.295 e. The molecule has 0 saturated carbocycles. The minimum Gasteiger partial charge on any atom is -0.507 e. The molecule has 0 bridgehead atoms. The van der Waals surface area contributed by atoms with E-state index in [1.807, 2.05) is 43.3 Å². The predicted octanol–water partition coefficient (Wildman–Crippen LogP) is 4.17. The van der Waals surface area contributed by atoms with Gasteiger partial charge in [-0.15, -0.1) is 0 Å². The van der Waals surface area contributed by atoms with Gasteiger partial charge in [-0.1, -0.05) is 44.2 Å². The van der Waals surface area contributed by atoms with Gasteiger partial charge < -0.3 is 19.5 Å². The summed E-state index contributed by atoms with van der Waals surface area (Å²) in [6.45, 7) is 11.1. The zero-order chi connectivity index (χ0) is 25.7.